The maximum atomic E-state index is 12.0. The first-order valence-electron chi connectivity index (χ1n) is 6.41. The minimum atomic E-state index is -0.336. The van der Waals surface area contributed by atoms with Crippen LogP contribution in [0.2, 0.25) is 0 Å². The van der Waals surface area contributed by atoms with Crippen molar-refractivity contribution in [2.24, 2.45) is 7.05 Å². The van der Waals surface area contributed by atoms with E-state index in [4.69, 9.17) is 0 Å². The van der Waals surface area contributed by atoms with Crippen LogP contribution < -0.4 is 11.2 Å². The quantitative estimate of drug-likeness (QED) is 0.740. The van der Waals surface area contributed by atoms with Crippen molar-refractivity contribution in [2.75, 3.05) is 0 Å². The zero-order chi connectivity index (χ0) is 14.8. The van der Waals surface area contributed by atoms with Gasteiger partial charge < -0.3 is 4.57 Å². The molecule has 0 saturated carbocycles. The zero-order valence-corrected chi connectivity index (χ0v) is 12.2. The van der Waals surface area contributed by atoms with Crippen LogP contribution in [0.4, 0.5) is 0 Å². The van der Waals surface area contributed by atoms with E-state index in [9.17, 15) is 9.59 Å². The lowest BCUT2D eigenvalue weighted by molar-refractivity contribution is 0.633. The van der Waals surface area contributed by atoms with Crippen molar-refractivity contribution < 1.29 is 0 Å². The third-order valence-corrected chi connectivity index (χ3v) is 4.07. The van der Waals surface area contributed by atoms with Gasteiger partial charge in [0, 0.05) is 30.3 Å². The second-order valence-corrected chi connectivity index (χ2v) is 5.50. The number of aryl methyl sites for hydroxylation is 1. The monoisotopic (exact) mass is 299 g/mol. The van der Waals surface area contributed by atoms with Crippen molar-refractivity contribution in [3.8, 4) is 10.6 Å². The molecule has 21 heavy (non-hydrogen) atoms. The van der Waals surface area contributed by atoms with Crippen LogP contribution in [0.25, 0.3) is 10.6 Å². The third-order valence-electron chi connectivity index (χ3n) is 3.13. The Hall–Kier alpha value is -2.47. The van der Waals surface area contributed by atoms with Gasteiger partial charge in [-0.1, -0.05) is 30.3 Å². The van der Waals surface area contributed by atoms with Crippen molar-refractivity contribution >= 4 is 11.3 Å². The summed E-state index contributed by atoms with van der Waals surface area (Å²) < 4.78 is 2.57. The van der Waals surface area contributed by atoms with Crippen molar-refractivity contribution in [1.29, 1.82) is 0 Å². The van der Waals surface area contributed by atoms with Gasteiger partial charge in [0.1, 0.15) is 5.01 Å². The maximum Gasteiger partial charge on any atom is 0.331 e. The molecular weight excluding hydrogens is 286 g/mol. The van der Waals surface area contributed by atoms with Gasteiger partial charge in [-0.3, -0.25) is 9.36 Å². The minimum absolute atomic E-state index is 0.190. The van der Waals surface area contributed by atoms with Crippen LogP contribution >= 0.6 is 11.3 Å². The number of nitrogens with zero attached hydrogens (tertiary/aromatic N) is 3. The Kier molecular flexibility index (Phi) is 3.53. The fourth-order valence-corrected chi connectivity index (χ4v) is 2.83. The summed E-state index contributed by atoms with van der Waals surface area (Å²) in [4.78, 5) is 28.3. The van der Waals surface area contributed by atoms with Crippen molar-refractivity contribution in [2.45, 2.75) is 6.54 Å². The first-order chi connectivity index (χ1) is 10.1. The van der Waals surface area contributed by atoms with E-state index in [1.54, 1.807) is 7.05 Å². The highest BCUT2D eigenvalue weighted by molar-refractivity contribution is 7.13. The lowest BCUT2D eigenvalue weighted by atomic mass is 10.2. The molecule has 0 aliphatic carbocycles. The van der Waals surface area contributed by atoms with E-state index >= 15 is 0 Å². The van der Waals surface area contributed by atoms with Crippen molar-refractivity contribution in [1.82, 2.24) is 14.1 Å². The van der Waals surface area contributed by atoms with E-state index < -0.39 is 0 Å². The Labute approximate surface area is 124 Å². The summed E-state index contributed by atoms with van der Waals surface area (Å²) in [6, 6.07) is 11.2. The van der Waals surface area contributed by atoms with Gasteiger partial charge in [0.2, 0.25) is 0 Å². The molecule has 0 amide bonds. The van der Waals surface area contributed by atoms with Crippen molar-refractivity contribution in [3.63, 3.8) is 0 Å². The number of hydrogen-bond acceptors (Lipinski definition) is 4. The van der Waals surface area contributed by atoms with E-state index in [0.29, 0.717) is 5.69 Å². The molecule has 2 heterocycles. The minimum Gasteiger partial charge on any atom is -0.303 e. The van der Waals surface area contributed by atoms with Gasteiger partial charge in [-0.05, 0) is 0 Å². The summed E-state index contributed by atoms with van der Waals surface area (Å²) in [5, 5.41) is 2.76. The second-order valence-electron chi connectivity index (χ2n) is 4.64. The number of rotatable bonds is 3. The molecule has 5 nitrogen and oxygen atoms in total. The molecule has 2 aromatic heterocycles. The van der Waals surface area contributed by atoms with Gasteiger partial charge in [0.05, 0.1) is 12.2 Å². The highest BCUT2D eigenvalue weighted by Gasteiger charge is 2.08. The Morgan fingerprint density at radius 2 is 1.90 bits per heavy atom. The lowest BCUT2D eigenvalue weighted by Crippen LogP contribution is -2.38. The molecule has 0 spiro atoms. The third kappa shape index (κ3) is 2.71. The Bertz CT molecular complexity index is 878. The predicted molar refractivity (Wildman–Crippen MR) is 82.6 cm³/mol. The normalized spacial score (nSPS) is 10.7. The van der Waals surface area contributed by atoms with E-state index in [2.05, 4.69) is 4.98 Å². The van der Waals surface area contributed by atoms with Crippen LogP contribution in [0.5, 0.6) is 0 Å². The van der Waals surface area contributed by atoms with Gasteiger partial charge in [-0.15, -0.1) is 11.3 Å². The molecular formula is C15H13N3O2S. The van der Waals surface area contributed by atoms with Gasteiger partial charge in [0.15, 0.2) is 0 Å². The first kappa shape index (κ1) is 13.5. The van der Waals surface area contributed by atoms with Crippen LogP contribution in [0.15, 0.2) is 57.6 Å². The van der Waals surface area contributed by atoms with Crippen LogP contribution in [0, 0.1) is 0 Å². The zero-order valence-electron chi connectivity index (χ0n) is 11.4. The number of hydrogen-bond donors (Lipinski definition) is 0. The molecule has 0 fully saturated rings. The summed E-state index contributed by atoms with van der Waals surface area (Å²) in [5.74, 6) is 0. The summed E-state index contributed by atoms with van der Waals surface area (Å²) in [6.07, 6.45) is 1.47. The highest BCUT2D eigenvalue weighted by atomic mass is 32.1. The average molecular weight is 299 g/mol. The smallest absolute Gasteiger partial charge is 0.303 e. The molecule has 0 aliphatic rings. The van der Waals surface area contributed by atoms with Gasteiger partial charge in [-0.25, -0.2) is 9.78 Å². The molecule has 3 aromatic rings. The molecule has 0 N–H and O–H groups in total. The molecule has 0 aliphatic heterocycles. The average Bonchev–Trinajstić information content (AvgIpc) is 2.97. The van der Waals surface area contributed by atoms with Crippen molar-refractivity contribution in [3.05, 3.63) is 74.5 Å². The van der Waals surface area contributed by atoms with Gasteiger partial charge in [-0.2, -0.15) is 0 Å². The fourth-order valence-electron chi connectivity index (χ4n) is 2.01. The lowest BCUT2D eigenvalue weighted by Gasteiger charge is -2.04. The summed E-state index contributed by atoms with van der Waals surface area (Å²) in [7, 11) is 1.62. The van der Waals surface area contributed by atoms with Crippen LogP contribution in [-0.4, -0.2) is 14.1 Å². The number of thiazole rings is 1. The molecule has 0 unspecified atom stereocenters. The molecule has 106 valence electrons. The fraction of sp³-hybridized carbons (Fsp3) is 0.133. The van der Waals surface area contributed by atoms with E-state index in [-0.39, 0.29) is 17.8 Å². The molecule has 3 rings (SSSR count). The van der Waals surface area contributed by atoms with E-state index in [1.165, 1.54) is 32.7 Å². The van der Waals surface area contributed by atoms with Gasteiger partial charge >= 0.3 is 5.69 Å². The molecule has 0 saturated heterocycles. The molecule has 6 heteroatoms. The van der Waals surface area contributed by atoms with Crippen LogP contribution in [0.1, 0.15) is 5.69 Å². The predicted octanol–water partition coefficient (Wildman–Crippen LogP) is 1.72. The van der Waals surface area contributed by atoms with Crippen LogP contribution in [0.3, 0.4) is 0 Å². The largest absolute Gasteiger partial charge is 0.331 e. The second kappa shape index (κ2) is 5.49. The van der Waals surface area contributed by atoms with E-state index in [1.807, 2.05) is 35.7 Å². The highest BCUT2D eigenvalue weighted by Crippen LogP contribution is 2.23. The van der Waals surface area contributed by atoms with E-state index in [0.717, 1.165) is 10.6 Å². The molecule has 0 radical (unpaired) electrons. The van der Waals surface area contributed by atoms with Gasteiger partial charge in [0.25, 0.3) is 5.56 Å². The number of aromatic nitrogens is 3. The summed E-state index contributed by atoms with van der Waals surface area (Å²) in [6.45, 7) is 0.190. The molecule has 0 atom stereocenters. The summed E-state index contributed by atoms with van der Waals surface area (Å²) in [5.41, 5.74) is 1.09. The SMILES string of the molecule is Cn1ccc(=O)n(Cc2csc(-c3ccccc3)n2)c1=O. The first-order valence-corrected chi connectivity index (χ1v) is 7.29. The summed E-state index contributed by atoms with van der Waals surface area (Å²) >= 11 is 1.50. The van der Waals surface area contributed by atoms with Crippen LogP contribution in [-0.2, 0) is 13.6 Å². The topological polar surface area (TPSA) is 56.9 Å². The number of benzene rings is 1. The Morgan fingerprint density at radius 3 is 2.67 bits per heavy atom. The Balaban J connectivity index is 1.94. The Morgan fingerprint density at radius 1 is 1.14 bits per heavy atom. The maximum absolute atomic E-state index is 12.0. The molecule has 0 bridgehead atoms. The standard InChI is InChI=1S/C15H13N3O2S/c1-17-8-7-13(19)18(15(17)20)9-12-10-21-14(16-12)11-5-3-2-4-6-11/h2-8,10H,9H2,1H3. The molecule has 1 aromatic carbocycles.